The van der Waals surface area contributed by atoms with Gasteiger partial charge in [0, 0.05) is 50.4 Å². The Kier molecular flexibility index (Phi) is 10.3. The number of rotatable bonds is 10. The summed E-state index contributed by atoms with van der Waals surface area (Å²) in [4.78, 5) is 8.59. The van der Waals surface area contributed by atoms with E-state index in [1.54, 1.807) is 16.9 Å². The second-order valence-corrected chi connectivity index (χ2v) is 7.87. The third kappa shape index (κ3) is 8.57. The average molecular weight is 469 g/mol. The summed E-state index contributed by atoms with van der Waals surface area (Å²) in [6.45, 7) is 2.65. The van der Waals surface area contributed by atoms with Gasteiger partial charge in [0.15, 0.2) is 0 Å². The van der Waals surface area contributed by atoms with Gasteiger partial charge in [0.05, 0.1) is 11.9 Å². The minimum atomic E-state index is 0.454. The normalized spacial score (nSPS) is 10.1. The molecule has 3 aromatic heterocycles. The van der Waals surface area contributed by atoms with Gasteiger partial charge >= 0.3 is 0 Å². The zero-order chi connectivity index (χ0) is 24.7. The average Bonchev–Trinajstić information content (AvgIpc) is 3.36. The first-order valence-corrected chi connectivity index (χ1v) is 11.7. The van der Waals surface area contributed by atoms with E-state index in [9.17, 15) is 0 Å². The standard InChI is InChI=1S/C21H26N8.C6H6/c1-23-21-20(10-17(13-27-21)18-14-28-29(2)15-18)25-8-3-7-24-9-6-16-4-5-19(11-22)26-12-16;1-2-4-6-5-3-1/h4-5,10,12-15,24-25H,3,6-9H2,1-2H3,(H,23,27);1-6H. The van der Waals surface area contributed by atoms with Gasteiger partial charge in [-0.2, -0.15) is 10.4 Å². The molecule has 35 heavy (non-hydrogen) atoms. The van der Waals surface area contributed by atoms with Crippen LogP contribution in [0.1, 0.15) is 17.7 Å². The number of hydrogen-bond donors (Lipinski definition) is 3. The molecule has 0 saturated heterocycles. The van der Waals surface area contributed by atoms with E-state index >= 15 is 0 Å². The molecule has 0 aliphatic rings. The number of hydrogen-bond acceptors (Lipinski definition) is 7. The Morgan fingerprint density at radius 1 is 0.914 bits per heavy atom. The van der Waals surface area contributed by atoms with Crippen molar-refractivity contribution >= 4 is 11.5 Å². The second kappa shape index (κ2) is 14.1. The van der Waals surface area contributed by atoms with Crippen molar-refractivity contribution in [2.24, 2.45) is 7.05 Å². The van der Waals surface area contributed by atoms with Crippen molar-refractivity contribution in [1.29, 1.82) is 5.26 Å². The van der Waals surface area contributed by atoms with Gasteiger partial charge in [-0.25, -0.2) is 9.97 Å². The summed E-state index contributed by atoms with van der Waals surface area (Å²) in [5.74, 6) is 0.832. The SMILES string of the molecule is CNc1ncc(-c2cnn(C)c2)cc1NCCCNCCc1ccc(C#N)nc1.c1ccccc1. The van der Waals surface area contributed by atoms with Crippen LogP contribution in [0.3, 0.4) is 0 Å². The molecule has 8 nitrogen and oxygen atoms in total. The van der Waals surface area contributed by atoms with Crippen molar-refractivity contribution in [2.75, 3.05) is 37.3 Å². The number of pyridine rings is 2. The maximum Gasteiger partial charge on any atom is 0.149 e. The highest BCUT2D eigenvalue weighted by Crippen LogP contribution is 2.26. The zero-order valence-corrected chi connectivity index (χ0v) is 20.3. The molecule has 0 aliphatic heterocycles. The number of nitriles is 1. The lowest BCUT2D eigenvalue weighted by Crippen LogP contribution is -2.21. The van der Waals surface area contributed by atoms with Crippen LogP contribution in [-0.4, -0.2) is 46.4 Å². The lowest BCUT2D eigenvalue weighted by Gasteiger charge is -2.12. The molecule has 0 bridgehead atoms. The predicted molar refractivity (Wildman–Crippen MR) is 141 cm³/mol. The summed E-state index contributed by atoms with van der Waals surface area (Å²) in [6, 6.07) is 19.8. The van der Waals surface area contributed by atoms with Crippen LogP contribution in [0.4, 0.5) is 11.5 Å². The van der Waals surface area contributed by atoms with Gasteiger partial charge in [-0.1, -0.05) is 42.5 Å². The molecule has 4 aromatic rings. The van der Waals surface area contributed by atoms with Crippen molar-refractivity contribution in [3.8, 4) is 17.2 Å². The molecule has 3 heterocycles. The van der Waals surface area contributed by atoms with E-state index in [1.807, 2.05) is 81.2 Å². The van der Waals surface area contributed by atoms with Crippen molar-refractivity contribution in [1.82, 2.24) is 25.1 Å². The highest BCUT2D eigenvalue weighted by Gasteiger charge is 2.07. The van der Waals surface area contributed by atoms with E-state index in [-0.39, 0.29) is 0 Å². The first kappa shape index (κ1) is 25.4. The summed E-state index contributed by atoms with van der Waals surface area (Å²) in [5, 5.41) is 23.0. The Balaban J connectivity index is 0.000000497. The molecule has 0 saturated carbocycles. The Morgan fingerprint density at radius 3 is 2.29 bits per heavy atom. The number of nitrogens with zero attached hydrogens (tertiary/aromatic N) is 5. The monoisotopic (exact) mass is 468 g/mol. The van der Waals surface area contributed by atoms with E-state index < -0.39 is 0 Å². The minimum absolute atomic E-state index is 0.454. The fraction of sp³-hybridized carbons (Fsp3) is 0.259. The van der Waals surface area contributed by atoms with Crippen molar-refractivity contribution in [2.45, 2.75) is 12.8 Å². The molecule has 0 unspecified atom stereocenters. The summed E-state index contributed by atoms with van der Waals surface area (Å²) in [7, 11) is 3.78. The van der Waals surface area contributed by atoms with Gasteiger partial charge in [-0.15, -0.1) is 0 Å². The van der Waals surface area contributed by atoms with Gasteiger partial charge in [0.2, 0.25) is 0 Å². The molecule has 0 aliphatic carbocycles. The summed E-state index contributed by atoms with van der Waals surface area (Å²) in [5.41, 5.74) is 4.65. The quantitative estimate of drug-likeness (QED) is 0.301. The summed E-state index contributed by atoms with van der Waals surface area (Å²) in [6.07, 6.45) is 9.33. The summed E-state index contributed by atoms with van der Waals surface area (Å²) >= 11 is 0. The maximum absolute atomic E-state index is 8.77. The molecule has 0 spiro atoms. The van der Waals surface area contributed by atoms with Crippen LogP contribution < -0.4 is 16.0 Å². The van der Waals surface area contributed by atoms with Gasteiger partial charge in [0.1, 0.15) is 17.6 Å². The van der Waals surface area contributed by atoms with E-state index in [0.717, 1.165) is 60.7 Å². The zero-order valence-electron chi connectivity index (χ0n) is 20.3. The fourth-order valence-electron chi connectivity index (χ4n) is 3.34. The molecule has 1 aromatic carbocycles. The van der Waals surface area contributed by atoms with E-state index in [4.69, 9.17) is 5.26 Å². The number of nitrogens with one attached hydrogen (secondary N) is 3. The van der Waals surface area contributed by atoms with E-state index in [1.165, 1.54) is 0 Å². The first-order valence-electron chi connectivity index (χ1n) is 11.7. The molecule has 180 valence electrons. The van der Waals surface area contributed by atoms with Crippen LogP contribution in [0.25, 0.3) is 11.1 Å². The van der Waals surface area contributed by atoms with Crippen molar-refractivity contribution < 1.29 is 0 Å². The molecule has 0 fully saturated rings. The fourth-order valence-corrected chi connectivity index (χ4v) is 3.34. The smallest absolute Gasteiger partial charge is 0.149 e. The molecule has 0 atom stereocenters. The van der Waals surface area contributed by atoms with Crippen molar-refractivity contribution in [3.05, 3.63) is 90.6 Å². The van der Waals surface area contributed by atoms with Crippen molar-refractivity contribution in [3.63, 3.8) is 0 Å². The van der Waals surface area contributed by atoms with Crippen LogP contribution in [-0.2, 0) is 13.5 Å². The highest BCUT2D eigenvalue weighted by atomic mass is 15.2. The minimum Gasteiger partial charge on any atom is -0.382 e. The Morgan fingerprint density at radius 2 is 1.69 bits per heavy atom. The molecule has 4 rings (SSSR count). The summed E-state index contributed by atoms with van der Waals surface area (Å²) < 4.78 is 1.79. The van der Waals surface area contributed by atoms with E-state index in [2.05, 4.69) is 37.1 Å². The molecule has 8 heteroatoms. The highest BCUT2D eigenvalue weighted by molar-refractivity contribution is 5.73. The Bertz CT molecular complexity index is 1150. The lowest BCUT2D eigenvalue weighted by molar-refractivity contribution is 0.659. The number of benzene rings is 1. The second-order valence-electron chi connectivity index (χ2n) is 7.87. The molecule has 0 amide bonds. The number of aromatic nitrogens is 4. The third-order valence-corrected chi connectivity index (χ3v) is 5.20. The Hall–Kier alpha value is -4.22. The molecular formula is C27H32N8. The van der Waals surface area contributed by atoms with Gasteiger partial charge in [-0.3, -0.25) is 4.68 Å². The van der Waals surface area contributed by atoms with E-state index in [0.29, 0.717) is 5.69 Å². The predicted octanol–water partition coefficient (Wildman–Crippen LogP) is 4.11. The van der Waals surface area contributed by atoms with Gasteiger partial charge in [0.25, 0.3) is 0 Å². The molecule has 3 N–H and O–H groups in total. The third-order valence-electron chi connectivity index (χ3n) is 5.20. The van der Waals surface area contributed by atoms with Crippen LogP contribution in [0.15, 0.2) is 79.4 Å². The maximum atomic E-state index is 8.77. The molecular weight excluding hydrogens is 436 g/mol. The van der Waals surface area contributed by atoms with Gasteiger partial charge in [-0.05, 0) is 43.6 Å². The molecule has 0 radical (unpaired) electrons. The topological polar surface area (TPSA) is 103 Å². The van der Waals surface area contributed by atoms with Crippen LogP contribution in [0, 0.1) is 11.3 Å². The van der Waals surface area contributed by atoms with Crippen LogP contribution in [0.5, 0.6) is 0 Å². The van der Waals surface area contributed by atoms with Crippen LogP contribution >= 0.6 is 0 Å². The Labute approximate surface area is 207 Å². The van der Waals surface area contributed by atoms with Gasteiger partial charge < -0.3 is 16.0 Å². The first-order chi connectivity index (χ1) is 17.2. The number of aryl methyl sites for hydroxylation is 1. The largest absolute Gasteiger partial charge is 0.382 e. The van der Waals surface area contributed by atoms with Crippen LogP contribution in [0.2, 0.25) is 0 Å². The lowest BCUT2D eigenvalue weighted by atomic mass is 10.1. The number of anilines is 2.